The van der Waals surface area contributed by atoms with E-state index in [9.17, 15) is 10.5 Å². The second kappa shape index (κ2) is 12.2. The molecule has 1 aliphatic carbocycles. The molecule has 250 valence electrons. The fourth-order valence-electron chi connectivity index (χ4n) is 8.10. The van der Waals surface area contributed by atoms with E-state index in [2.05, 4.69) is 78.9 Å². The minimum atomic E-state index is -0.625. The Hall–Kier alpha value is -7.67. The van der Waals surface area contributed by atoms with Gasteiger partial charge in [0.15, 0.2) is 17.5 Å². The van der Waals surface area contributed by atoms with Gasteiger partial charge in [-0.2, -0.15) is 10.5 Å². The van der Waals surface area contributed by atoms with E-state index in [1.54, 1.807) is 18.2 Å². The number of fused-ring (bicyclic) bond motifs is 9. The zero-order valence-electron chi connectivity index (χ0n) is 28.7. The molecule has 1 spiro atoms. The molecule has 0 bridgehead atoms. The highest BCUT2D eigenvalue weighted by Gasteiger charge is 2.51. The third kappa shape index (κ3) is 4.75. The molecule has 8 aromatic rings. The van der Waals surface area contributed by atoms with Crippen molar-refractivity contribution < 1.29 is 4.74 Å². The van der Waals surface area contributed by atoms with Crippen LogP contribution in [0, 0.1) is 22.7 Å². The first kappa shape index (κ1) is 31.1. The molecule has 2 aliphatic rings. The average Bonchev–Trinajstić information content (AvgIpc) is 3.53. The zero-order valence-corrected chi connectivity index (χ0v) is 28.7. The molecular weight excluding hydrogens is 663 g/mol. The lowest BCUT2D eigenvalue weighted by Gasteiger charge is -2.39. The highest BCUT2D eigenvalue weighted by molar-refractivity contribution is 5.90. The summed E-state index contributed by atoms with van der Waals surface area (Å²) < 4.78 is 6.54. The van der Waals surface area contributed by atoms with Crippen molar-refractivity contribution >= 4 is 0 Å². The van der Waals surface area contributed by atoms with Gasteiger partial charge in [-0.3, -0.25) is 0 Å². The summed E-state index contributed by atoms with van der Waals surface area (Å²) in [5.41, 5.74) is 11.2. The smallest absolute Gasteiger partial charge is 0.164 e. The Labute approximate surface area is 311 Å². The third-order valence-corrected chi connectivity index (χ3v) is 10.4. The second-order valence-corrected chi connectivity index (χ2v) is 13.4. The van der Waals surface area contributed by atoms with Crippen LogP contribution in [0.2, 0.25) is 0 Å². The predicted octanol–water partition coefficient (Wildman–Crippen LogP) is 10.8. The Morgan fingerprint density at radius 3 is 1.57 bits per heavy atom. The molecule has 0 atom stereocenters. The van der Waals surface area contributed by atoms with Crippen molar-refractivity contribution in [2.45, 2.75) is 5.41 Å². The van der Waals surface area contributed by atoms with Gasteiger partial charge in [-0.25, -0.2) is 15.0 Å². The maximum absolute atomic E-state index is 9.63. The number of rotatable bonds is 4. The summed E-state index contributed by atoms with van der Waals surface area (Å²) in [4.78, 5) is 15.3. The van der Waals surface area contributed by atoms with Crippen LogP contribution in [-0.2, 0) is 5.41 Å². The van der Waals surface area contributed by atoms with Gasteiger partial charge in [-0.05, 0) is 75.8 Å². The first-order valence-corrected chi connectivity index (χ1v) is 17.6. The molecule has 0 saturated carbocycles. The van der Waals surface area contributed by atoms with Gasteiger partial charge in [-0.1, -0.05) is 121 Å². The van der Waals surface area contributed by atoms with Crippen molar-refractivity contribution in [2.24, 2.45) is 0 Å². The molecule has 6 nitrogen and oxygen atoms in total. The van der Waals surface area contributed by atoms with Gasteiger partial charge in [0.05, 0.1) is 28.7 Å². The largest absolute Gasteiger partial charge is 0.457 e. The number of benzene rings is 7. The van der Waals surface area contributed by atoms with Crippen LogP contribution in [0.15, 0.2) is 164 Å². The van der Waals surface area contributed by atoms with Crippen molar-refractivity contribution in [1.82, 2.24) is 15.0 Å². The molecule has 1 aromatic heterocycles. The molecule has 10 rings (SSSR count). The fraction of sp³-hybridized carbons (Fsp3) is 0.0208. The SMILES string of the molecule is N#Cc1cc(C#N)cc(-c2cccc(-c3nc(-c4ccccc4)nc(-c4ccc5c(c4)C4(c6ccccc6Oc6ccccc64)c4ccccc4-5)n3)c2)c1. The normalized spacial score (nSPS) is 12.7. The molecule has 0 saturated heterocycles. The Kier molecular flexibility index (Phi) is 7.05. The maximum atomic E-state index is 9.63. The van der Waals surface area contributed by atoms with Gasteiger partial charge in [0.2, 0.25) is 0 Å². The number of hydrogen-bond acceptors (Lipinski definition) is 6. The summed E-state index contributed by atoms with van der Waals surface area (Å²) >= 11 is 0. The lowest BCUT2D eigenvalue weighted by atomic mass is 9.66. The Morgan fingerprint density at radius 2 is 0.907 bits per heavy atom. The van der Waals surface area contributed by atoms with Gasteiger partial charge in [0.25, 0.3) is 0 Å². The van der Waals surface area contributed by atoms with Gasteiger partial charge in [0.1, 0.15) is 11.5 Å². The van der Waals surface area contributed by atoms with Crippen LogP contribution >= 0.6 is 0 Å². The van der Waals surface area contributed by atoms with Gasteiger partial charge >= 0.3 is 0 Å². The summed E-state index contributed by atoms with van der Waals surface area (Å²) in [7, 11) is 0. The summed E-state index contributed by atoms with van der Waals surface area (Å²) in [5, 5.41) is 19.3. The number of nitriles is 2. The number of nitrogens with zero attached hydrogens (tertiary/aromatic N) is 5. The summed E-state index contributed by atoms with van der Waals surface area (Å²) in [6.45, 7) is 0. The number of hydrogen-bond donors (Lipinski definition) is 0. The van der Waals surface area contributed by atoms with Gasteiger partial charge < -0.3 is 4.74 Å². The molecular formula is C48H27N5O. The molecule has 0 fully saturated rings. The monoisotopic (exact) mass is 689 g/mol. The molecule has 0 radical (unpaired) electrons. The zero-order chi connectivity index (χ0) is 36.2. The minimum absolute atomic E-state index is 0.426. The van der Waals surface area contributed by atoms with E-state index in [-0.39, 0.29) is 0 Å². The summed E-state index contributed by atoms with van der Waals surface area (Å²) in [6, 6.07) is 59.2. The van der Waals surface area contributed by atoms with Crippen molar-refractivity contribution in [2.75, 3.05) is 0 Å². The van der Waals surface area contributed by atoms with E-state index in [4.69, 9.17) is 19.7 Å². The number of aromatic nitrogens is 3. The first-order chi connectivity index (χ1) is 26.6. The Bertz CT molecular complexity index is 2820. The van der Waals surface area contributed by atoms with Crippen LogP contribution in [0.4, 0.5) is 0 Å². The summed E-state index contributed by atoms with van der Waals surface area (Å²) in [5.74, 6) is 3.28. The molecule has 2 heterocycles. The van der Waals surface area contributed by atoms with Crippen molar-refractivity contribution in [3.05, 3.63) is 197 Å². The predicted molar refractivity (Wildman–Crippen MR) is 208 cm³/mol. The molecule has 0 N–H and O–H groups in total. The Morgan fingerprint density at radius 1 is 0.389 bits per heavy atom. The highest BCUT2D eigenvalue weighted by atomic mass is 16.5. The van der Waals surface area contributed by atoms with Crippen molar-refractivity contribution in [1.29, 1.82) is 10.5 Å². The van der Waals surface area contributed by atoms with Crippen LogP contribution in [0.5, 0.6) is 11.5 Å². The number of ether oxygens (including phenoxy) is 1. The third-order valence-electron chi connectivity index (χ3n) is 10.4. The topological polar surface area (TPSA) is 95.5 Å². The molecule has 0 amide bonds. The fourth-order valence-corrected chi connectivity index (χ4v) is 8.10. The quantitative estimate of drug-likeness (QED) is 0.182. The van der Waals surface area contributed by atoms with E-state index in [0.717, 1.165) is 61.6 Å². The lowest BCUT2D eigenvalue weighted by Crippen LogP contribution is -2.32. The minimum Gasteiger partial charge on any atom is -0.457 e. The van der Waals surface area contributed by atoms with Gasteiger partial charge in [-0.15, -0.1) is 0 Å². The number of para-hydroxylation sites is 2. The molecule has 54 heavy (non-hydrogen) atoms. The van der Waals surface area contributed by atoms with Crippen molar-refractivity contribution in [3.63, 3.8) is 0 Å². The van der Waals surface area contributed by atoms with Crippen LogP contribution in [-0.4, -0.2) is 15.0 Å². The maximum Gasteiger partial charge on any atom is 0.164 e. The summed E-state index contributed by atoms with van der Waals surface area (Å²) in [6.07, 6.45) is 0. The van der Waals surface area contributed by atoms with E-state index < -0.39 is 5.41 Å². The molecule has 6 heteroatoms. The highest BCUT2D eigenvalue weighted by Crippen LogP contribution is 2.62. The van der Waals surface area contributed by atoms with Crippen LogP contribution in [0.1, 0.15) is 33.4 Å². The lowest BCUT2D eigenvalue weighted by molar-refractivity contribution is 0.436. The van der Waals surface area contributed by atoms with E-state index in [1.165, 1.54) is 11.1 Å². The van der Waals surface area contributed by atoms with Crippen LogP contribution in [0.3, 0.4) is 0 Å². The van der Waals surface area contributed by atoms with Gasteiger partial charge in [0, 0.05) is 27.8 Å². The molecule has 1 aliphatic heterocycles. The van der Waals surface area contributed by atoms with E-state index in [1.807, 2.05) is 78.9 Å². The van der Waals surface area contributed by atoms with Crippen molar-refractivity contribution in [3.8, 4) is 80.1 Å². The standard InChI is InChI=1S/C48H27N5O/c49-28-30-23-31(29-50)25-36(24-30)33-13-10-14-34(26-33)46-51-45(32-11-2-1-3-12-32)52-47(53-46)35-21-22-38-37-15-4-5-16-39(37)48(42(38)27-35)40-17-6-8-19-43(40)54-44-20-9-7-18-41(44)48/h1-27H. The van der Waals surface area contributed by atoms with Crippen LogP contribution < -0.4 is 4.74 Å². The van der Waals surface area contributed by atoms with E-state index >= 15 is 0 Å². The second-order valence-electron chi connectivity index (χ2n) is 13.4. The van der Waals surface area contributed by atoms with Crippen LogP contribution in [0.25, 0.3) is 56.4 Å². The first-order valence-electron chi connectivity index (χ1n) is 17.6. The Balaban J connectivity index is 1.19. The van der Waals surface area contributed by atoms with E-state index in [0.29, 0.717) is 28.6 Å². The average molecular weight is 690 g/mol. The molecule has 0 unspecified atom stereocenters. The molecule has 7 aromatic carbocycles.